The van der Waals surface area contributed by atoms with Gasteiger partial charge >= 0.3 is 0 Å². The summed E-state index contributed by atoms with van der Waals surface area (Å²) in [5, 5.41) is 4.03. The predicted octanol–water partition coefficient (Wildman–Crippen LogP) is 3.71. The predicted molar refractivity (Wildman–Crippen MR) is 71.9 cm³/mol. The van der Waals surface area contributed by atoms with Crippen LogP contribution in [0.5, 0.6) is 0 Å². The minimum Gasteiger partial charge on any atom is -0.361 e. The second-order valence-electron chi connectivity index (χ2n) is 3.42. The lowest BCUT2D eigenvalue weighted by Crippen LogP contribution is -1.95. The Balaban J connectivity index is 2.31. The zero-order valence-corrected chi connectivity index (χ0v) is 11.5. The molecule has 1 N–H and O–H groups in total. The van der Waals surface area contributed by atoms with E-state index in [0.717, 1.165) is 27.5 Å². The summed E-state index contributed by atoms with van der Waals surface area (Å²) in [5.74, 6) is 0.779. The van der Waals surface area contributed by atoms with Crippen LogP contribution in [0.2, 0.25) is 0 Å². The first-order valence-electron chi connectivity index (χ1n) is 5.05. The van der Waals surface area contributed by atoms with E-state index < -0.39 is 0 Å². The van der Waals surface area contributed by atoms with Gasteiger partial charge in [0, 0.05) is 28.1 Å². The molecule has 0 atom stereocenters. The summed E-state index contributed by atoms with van der Waals surface area (Å²) < 4.78 is 5.41. The Hall–Kier alpha value is -0.940. The van der Waals surface area contributed by atoms with Gasteiger partial charge in [0.05, 0.1) is 0 Å². The highest BCUT2D eigenvalue weighted by Crippen LogP contribution is 2.25. The van der Waals surface area contributed by atoms with Crippen molar-refractivity contribution in [3.63, 3.8) is 0 Å². The van der Waals surface area contributed by atoms with Crippen molar-refractivity contribution in [2.24, 2.45) is 0 Å². The Bertz CT molecular complexity index is 496. The van der Waals surface area contributed by atoms with Crippen LogP contribution in [0, 0.1) is 6.92 Å². The molecule has 0 fully saturated rings. The van der Waals surface area contributed by atoms with Crippen LogP contribution in [0.1, 0.15) is 12.5 Å². The number of rotatable bonds is 3. The molecule has 0 unspecified atom stereocenters. The smallest absolute Gasteiger partial charge is 0.202 e. The molecule has 1 aromatic heterocycles. The van der Waals surface area contributed by atoms with Gasteiger partial charge in [0.15, 0.2) is 5.82 Å². The van der Waals surface area contributed by atoms with Crippen LogP contribution in [-0.4, -0.2) is 15.9 Å². The molecule has 0 aliphatic heterocycles. The topological polar surface area (TPSA) is 37.8 Å². The molecule has 1 heterocycles. The maximum atomic E-state index is 4.42. The first-order chi connectivity index (χ1) is 7.70. The van der Waals surface area contributed by atoms with Crippen molar-refractivity contribution in [3.8, 4) is 11.4 Å². The Kier molecular flexibility index (Phi) is 3.56. The molecule has 1 aromatic carbocycles. The molecule has 2 rings (SSSR count). The number of hydrogen-bond donors (Lipinski definition) is 1. The van der Waals surface area contributed by atoms with E-state index >= 15 is 0 Å². The standard InChI is InChI=1S/C11H12BrN3S/c1-3-13-11-14-10(15-16-11)8-5-4-7(2)9(12)6-8/h4-6H,3H2,1-2H3,(H,13,14,15). The molecule has 0 aliphatic carbocycles. The molecule has 0 saturated heterocycles. The number of benzene rings is 1. The Labute approximate surface area is 107 Å². The number of aromatic nitrogens is 2. The van der Waals surface area contributed by atoms with Crippen LogP contribution in [0.3, 0.4) is 0 Å². The fraction of sp³-hybridized carbons (Fsp3) is 0.273. The molecule has 3 nitrogen and oxygen atoms in total. The van der Waals surface area contributed by atoms with E-state index in [9.17, 15) is 0 Å². The largest absolute Gasteiger partial charge is 0.361 e. The van der Waals surface area contributed by atoms with Gasteiger partial charge in [-0.25, -0.2) is 0 Å². The van der Waals surface area contributed by atoms with Gasteiger partial charge in [-0.3, -0.25) is 0 Å². The highest BCUT2D eigenvalue weighted by Gasteiger charge is 2.06. The highest BCUT2D eigenvalue weighted by atomic mass is 79.9. The van der Waals surface area contributed by atoms with Crippen LogP contribution < -0.4 is 5.32 Å². The third-order valence-corrected chi connectivity index (χ3v) is 3.71. The monoisotopic (exact) mass is 297 g/mol. The number of halogens is 1. The second kappa shape index (κ2) is 4.93. The third kappa shape index (κ3) is 2.41. The van der Waals surface area contributed by atoms with Gasteiger partial charge < -0.3 is 5.32 Å². The van der Waals surface area contributed by atoms with Gasteiger partial charge in [-0.2, -0.15) is 9.36 Å². The van der Waals surface area contributed by atoms with E-state index in [1.165, 1.54) is 17.1 Å². The molecule has 0 aliphatic rings. The third-order valence-electron chi connectivity index (χ3n) is 2.18. The first kappa shape index (κ1) is 11.5. The van der Waals surface area contributed by atoms with Gasteiger partial charge in [-0.1, -0.05) is 28.1 Å². The summed E-state index contributed by atoms with van der Waals surface area (Å²) >= 11 is 4.90. The Morgan fingerprint density at radius 2 is 2.25 bits per heavy atom. The summed E-state index contributed by atoms with van der Waals surface area (Å²) in [5.41, 5.74) is 2.25. The van der Waals surface area contributed by atoms with Crippen molar-refractivity contribution in [2.45, 2.75) is 13.8 Å². The fourth-order valence-corrected chi connectivity index (χ4v) is 2.33. The molecule has 0 spiro atoms. The average molecular weight is 298 g/mol. The maximum absolute atomic E-state index is 4.42. The number of hydrogen-bond acceptors (Lipinski definition) is 4. The Morgan fingerprint density at radius 3 is 2.94 bits per heavy atom. The number of nitrogens with one attached hydrogen (secondary N) is 1. The molecule has 16 heavy (non-hydrogen) atoms. The number of nitrogens with zero attached hydrogens (tertiary/aromatic N) is 2. The molecule has 0 radical (unpaired) electrons. The van der Waals surface area contributed by atoms with Gasteiger partial charge in [-0.05, 0) is 25.5 Å². The van der Waals surface area contributed by atoms with Crippen LogP contribution in [0.4, 0.5) is 5.13 Å². The second-order valence-corrected chi connectivity index (χ2v) is 5.02. The quantitative estimate of drug-likeness (QED) is 0.938. The van der Waals surface area contributed by atoms with Gasteiger partial charge in [0.2, 0.25) is 5.13 Å². The number of anilines is 1. The highest BCUT2D eigenvalue weighted by molar-refractivity contribution is 9.10. The van der Waals surface area contributed by atoms with Crippen LogP contribution in [0.25, 0.3) is 11.4 Å². The van der Waals surface area contributed by atoms with E-state index in [-0.39, 0.29) is 0 Å². The summed E-state index contributed by atoms with van der Waals surface area (Å²) in [7, 11) is 0. The summed E-state index contributed by atoms with van der Waals surface area (Å²) in [6.45, 7) is 4.97. The van der Waals surface area contributed by atoms with Crippen molar-refractivity contribution in [2.75, 3.05) is 11.9 Å². The lowest BCUT2D eigenvalue weighted by Gasteiger charge is -2.00. The van der Waals surface area contributed by atoms with Crippen molar-refractivity contribution < 1.29 is 0 Å². The van der Waals surface area contributed by atoms with Crippen molar-refractivity contribution in [1.82, 2.24) is 9.36 Å². The lowest BCUT2D eigenvalue weighted by molar-refractivity contribution is 1.18. The first-order valence-corrected chi connectivity index (χ1v) is 6.61. The minimum absolute atomic E-state index is 0.779. The zero-order valence-electron chi connectivity index (χ0n) is 9.12. The number of aryl methyl sites for hydroxylation is 1. The normalized spacial score (nSPS) is 10.4. The molecular formula is C11H12BrN3S. The molecule has 0 saturated carbocycles. The van der Waals surface area contributed by atoms with Gasteiger partial charge in [0.1, 0.15) is 0 Å². The lowest BCUT2D eigenvalue weighted by atomic mass is 10.1. The Morgan fingerprint density at radius 1 is 1.44 bits per heavy atom. The van der Waals surface area contributed by atoms with Crippen LogP contribution in [-0.2, 0) is 0 Å². The van der Waals surface area contributed by atoms with E-state index in [4.69, 9.17) is 0 Å². The molecule has 0 bridgehead atoms. The van der Waals surface area contributed by atoms with Gasteiger partial charge in [-0.15, -0.1) is 0 Å². The molecule has 0 amide bonds. The van der Waals surface area contributed by atoms with Crippen LogP contribution >= 0.6 is 27.5 Å². The van der Waals surface area contributed by atoms with Crippen LogP contribution in [0.15, 0.2) is 22.7 Å². The zero-order chi connectivity index (χ0) is 11.5. The molecule has 5 heteroatoms. The average Bonchev–Trinajstić information content (AvgIpc) is 2.71. The van der Waals surface area contributed by atoms with E-state index in [0.29, 0.717) is 0 Å². The minimum atomic E-state index is 0.779. The molecule has 84 valence electrons. The van der Waals surface area contributed by atoms with Crippen molar-refractivity contribution >= 4 is 32.6 Å². The molecule has 2 aromatic rings. The van der Waals surface area contributed by atoms with Gasteiger partial charge in [0.25, 0.3) is 0 Å². The van der Waals surface area contributed by atoms with E-state index in [1.807, 2.05) is 19.1 Å². The van der Waals surface area contributed by atoms with E-state index in [1.54, 1.807) is 0 Å². The summed E-state index contributed by atoms with van der Waals surface area (Å²) in [4.78, 5) is 4.42. The maximum Gasteiger partial charge on any atom is 0.202 e. The fourth-order valence-electron chi connectivity index (χ4n) is 1.30. The SMILES string of the molecule is CCNc1nc(-c2ccc(C)c(Br)c2)ns1. The molecular weight excluding hydrogens is 286 g/mol. The van der Waals surface area contributed by atoms with E-state index in [2.05, 4.69) is 43.6 Å². The summed E-state index contributed by atoms with van der Waals surface area (Å²) in [6, 6.07) is 6.15. The van der Waals surface area contributed by atoms with Crippen molar-refractivity contribution in [1.29, 1.82) is 0 Å². The van der Waals surface area contributed by atoms with Crippen molar-refractivity contribution in [3.05, 3.63) is 28.2 Å². The summed E-state index contributed by atoms with van der Waals surface area (Å²) in [6.07, 6.45) is 0.